The zero-order valence-electron chi connectivity index (χ0n) is 16.3. The van der Waals surface area contributed by atoms with Crippen molar-refractivity contribution in [2.75, 3.05) is 12.8 Å². The summed E-state index contributed by atoms with van der Waals surface area (Å²) in [5.41, 5.74) is 4.09. The lowest BCUT2D eigenvalue weighted by Gasteiger charge is -2.36. The predicted molar refractivity (Wildman–Crippen MR) is 114 cm³/mol. The number of benzene rings is 2. The highest BCUT2D eigenvalue weighted by Gasteiger charge is 2.50. The largest absolute Gasteiger partial charge is 0.343 e. The second kappa shape index (κ2) is 8.01. The molecule has 28 heavy (non-hydrogen) atoms. The van der Waals surface area contributed by atoms with Crippen LogP contribution in [0, 0.1) is 22.7 Å². The number of hydrogen-bond acceptors (Lipinski definition) is 3. The molecule has 0 aliphatic heterocycles. The van der Waals surface area contributed by atoms with Crippen molar-refractivity contribution in [3.8, 4) is 17.2 Å². The minimum absolute atomic E-state index is 0.0452. The SMILES string of the molecule is CSc1ccc(-c2ccccc2C2CCC3(CC3)CC2C(=O)NCC#N)cc1. The molecule has 144 valence electrons. The van der Waals surface area contributed by atoms with Crippen LogP contribution in [-0.2, 0) is 4.79 Å². The molecule has 3 nitrogen and oxygen atoms in total. The summed E-state index contributed by atoms with van der Waals surface area (Å²) in [6.45, 7) is 0.0901. The van der Waals surface area contributed by atoms with Crippen LogP contribution in [0.25, 0.3) is 11.1 Å². The first-order chi connectivity index (χ1) is 13.7. The number of hydrogen-bond donors (Lipinski definition) is 1. The lowest BCUT2D eigenvalue weighted by Crippen LogP contribution is -2.38. The van der Waals surface area contributed by atoms with Crippen molar-refractivity contribution in [1.29, 1.82) is 5.26 Å². The fraction of sp³-hybridized carbons (Fsp3) is 0.417. The van der Waals surface area contributed by atoms with Gasteiger partial charge < -0.3 is 5.32 Å². The van der Waals surface area contributed by atoms with E-state index in [0.717, 1.165) is 12.8 Å². The monoisotopic (exact) mass is 390 g/mol. The minimum Gasteiger partial charge on any atom is -0.343 e. The molecule has 1 amide bonds. The molecule has 4 rings (SSSR count). The summed E-state index contributed by atoms with van der Waals surface area (Å²) in [7, 11) is 0. The number of thioether (sulfide) groups is 1. The van der Waals surface area contributed by atoms with Gasteiger partial charge in [-0.15, -0.1) is 11.8 Å². The van der Waals surface area contributed by atoms with E-state index in [2.05, 4.69) is 60.1 Å². The first kappa shape index (κ1) is 19.1. The summed E-state index contributed by atoms with van der Waals surface area (Å²) >= 11 is 1.74. The topological polar surface area (TPSA) is 52.9 Å². The van der Waals surface area contributed by atoms with Crippen molar-refractivity contribution in [1.82, 2.24) is 5.32 Å². The lowest BCUT2D eigenvalue weighted by molar-refractivity contribution is -0.127. The number of amides is 1. The third-order valence-electron chi connectivity index (χ3n) is 6.52. The molecule has 1 N–H and O–H groups in total. The molecule has 4 heteroatoms. The predicted octanol–water partition coefficient (Wildman–Crippen LogP) is 5.38. The van der Waals surface area contributed by atoms with E-state index in [0.29, 0.717) is 5.41 Å². The fourth-order valence-electron chi connectivity index (χ4n) is 4.76. The Morgan fingerprint density at radius 3 is 2.61 bits per heavy atom. The van der Waals surface area contributed by atoms with E-state index in [-0.39, 0.29) is 24.3 Å². The van der Waals surface area contributed by atoms with E-state index >= 15 is 0 Å². The third-order valence-corrected chi connectivity index (χ3v) is 7.26. The molecule has 0 aromatic heterocycles. The minimum atomic E-state index is -0.0452. The van der Waals surface area contributed by atoms with Crippen molar-refractivity contribution in [2.45, 2.75) is 42.9 Å². The van der Waals surface area contributed by atoms with E-state index in [1.807, 2.05) is 6.07 Å². The van der Waals surface area contributed by atoms with E-state index < -0.39 is 0 Å². The van der Waals surface area contributed by atoms with Crippen molar-refractivity contribution >= 4 is 17.7 Å². The summed E-state index contributed by atoms with van der Waals surface area (Å²) in [5.74, 6) is 0.211. The first-order valence-corrected chi connectivity index (χ1v) is 11.3. The highest BCUT2D eigenvalue weighted by Crippen LogP contribution is 2.60. The Kier molecular flexibility index (Phi) is 5.46. The average molecular weight is 391 g/mol. The molecule has 2 fully saturated rings. The Morgan fingerprint density at radius 2 is 1.93 bits per heavy atom. The van der Waals surface area contributed by atoms with Gasteiger partial charge in [0.15, 0.2) is 0 Å². The Bertz CT molecular complexity index is 896. The van der Waals surface area contributed by atoms with Gasteiger partial charge >= 0.3 is 0 Å². The van der Waals surface area contributed by atoms with Gasteiger partial charge in [-0.25, -0.2) is 0 Å². The molecule has 2 saturated carbocycles. The van der Waals surface area contributed by atoms with E-state index in [1.54, 1.807) is 11.8 Å². The summed E-state index contributed by atoms with van der Waals surface area (Å²) in [4.78, 5) is 14.2. The normalized spacial score (nSPS) is 22.4. The number of nitrogens with one attached hydrogen (secondary N) is 1. The number of carbonyl (C=O) groups is 1. The number of carbonyl (C=O) groups excluding carboxylic acids is 1. The molecule has 2 aromatic carbocycles. The van der Waals surface area contributed by atoms with Gasteiger partial charge in [0, 0.05) is 10.8 Å². The van der Waals surface area contributed by atoms with Crippen LogP contribution in [0.3, 0.4) is 0 Å². The Labute approximate surface area is 171 Å². The maximum atomic E-state index is 12.9. The van der Waals surface area contributed by atoms with Crippen molar-refractivity contribution in [2.24, 2.45) is 11.3 Å². The van der Waals surface area contributed by atoms with Crippen molar-refractivity contribution in [3.63, 3.8) is 0 Å². The molecule has 2 atom stereocenters. The first-order valence-electron chi connectivity index (χ1n) is 10.0. The van der Waals surface area contributed by atoms with Gasteiger partial charge in [-0.3, -0.25) is 4.79 Å². The quantitative estimate of drug-likeness (QED) is 0.551. The third kappa shape index (κ3) is 3.82. The van der Waals surface area contributed by atoms with Gasteiger partial charge in [0.25, 0.3) is 0 Å². The number of nitriles is 1. The van der Waals surface area contributed by atoms with Gasteiger partial charge in [0.05, 0.1) is 6.07 Å². The van der Waals surface area contributed by atoms with Crippen LogP contribution in [0.15, 0.2) is 53.4 Å². The summed E-state index contributed by atoms with van der Waals surface area (Å²) in [6, 6.07) is 19.3. The van der Waals surface area contributed by atoms with Crippen LogP contribution in [0.1, 0.15) is 43.6 Å². The molecule has 2 unspecified atom stereocenters. The maximum absolute atomic E-state index is 12.9. The number of rotatable bonds is 5. The Morgan fingerprint density at radius 1 is 1.18 bits per heavy atom. The van der Waals surface area contributed by atoms with Gasteiger partial charge in [-0.1, -0.05) is 36.4 Å². The van der Waals surface area contributed by atoms with Crippen molar-refractivity contribution < 1.29 is 4.79 Å². The van der Waals surface area contributed by atoms with Crippen LogP contribution in [0.5, 0.6) is 0 Å². The second-order valence-corrected chi connectivity index (χ2v) is 9.03. The zero-order chi connectivity index (χ0) is 19.6. The molecule has 0 heterocycles. The molecule has 0 bridgehead atoms. The summed E-state index contributed by atoms with van der Waals surface area (Å²) < 4.78 is 0. The van der Waals surface area contributed by atoms with Crippen LogP contribution in [0.2, 0.25) is 0 Å². The highest BCUT2D eigenvalue weighted by molar-refractivity contribution is 7.98. The molecule has 0 radical (unpaired) electrons. The Hall–Kier alpha value is -2.25. The summed E-state index contributed by atoms with van der Waals surface area (Å²) in [6.07, 6.45) is 7.79. The average Bonchev–Trinajstić information content (AvgIpc) is 3.50. The molecule has 2 aliphatic carbocycles. The maximum Gasteiger partial charge on any atom is 0.224 e. The van der Waals surface area contributed by atoms with E-state index in [1.165, 1.54) is 40.8 Å². The molecular weight excluding hydrogens is 364 g/mol. The molecule has 1 spiro atoms. The van der Waals surface area contributed by atoms with E-state index in [4.69, 9.17) is 5.26 Å². The van der Waals surface area contributed by atoms with Crippen LogP contribution in [0.4, 0.5) is 0 Å². The lowest BCUT2D eigenvalue weighted by atomic mass is 9.68. The van der Waals surface area contributed by atoms with Gasteiger partial charge in [0.2, 0.25) is 5.91 Å². The van der Waals surface area contributed by atoms with Crippen molar-refractivity contribution in [3.05, 3.63) is 54.1 Å². The van der Waals surface area contributed by atoms with Crippen LogP contribution in [-0.4, -0.2) is 18.7 Å². The fourth-order valence-corrected chi connectivity index (χ4v) is 5.17. The van der Waals surface area contributed by atoms with E-state index in [9.17, 15) is 4.79 Å². The van der Waals surface area contributed by atoms with Gasteiger partial charge in [0.1, 0.15) is 6.54 Å². The molecule has 0 saturated heterocycles. The standard InChI is InChI=1S/C24H26N2OS/c1-28-18-8-6-17(7-9-18)19-4-2-3-5-20(19)21-10-11-24(12-13-24)16-22(21)23(27)26-15-14-25/h2-9,21-22H,10-13,15-16H2,1H3,(H,26,27). The van der Waals surface area contributed by atoms with Gasteiger partial charge in [-0.05, 0) is 78.5 Å². The molecule has 2 aliphatic rings. The summed E-state index contributed by atoms with van der Waals surface area (Å²) in [5, 5.41) is 11.7. The molecular formula is C24H26N2OS. The molecule has 2 aromatic rings. The zero-order valence-corrected chi connectivity index (χ0v) is 17.1. The number of nitrogens with zero attached hydrogens (tertiary/aromatic N) is 1. The Balaban J connectivity index is 1.68. The smallest absolute Gasteiger partial charge is 0.224 e. The van der Waals surface area contributed by atoms with Gasteiger partial charge in [-0.2, -0.15) is 5.26 Å². The second-order valence-electron chi connectivity index (χ2n) is 8.15. The highest BCUT2D eigenvalue weighted by atomic mass is 32.2. The van der Waals surface area contributed by atoms with Crippen LogP contribution < -0.4 is 5.32 Å². The van der Waals surface area contributed by atoms with Crippen LogP contribution >= 0.6 is 11.8 Å².